The molecule has 2 aliphatic heterocycles. The smallest absolute Gasteiger partial charge is 0.231 e. The van der Waals surface area contributed by atoms with E-state index in [-0.39, 0.29) is 18.4 Å². The lowest BCUT2D eigenvalue weighted by Gasteiger charge is -2.22. The Hall–Kier alpha value is -3.93. The molecule has 31 heavy (non-hydrogen) atoms. The molecule has 2 aromatic carbocycles. The number of aromatic nitrogens is 1. The number of amides is 1. The molecule has 0 bridgehead atoms. The summed E-state index contributed by atoms with van der Waals surface area (Å²) in [5.74, 6) is 0.788. The van der Waals surface area contributed by atoms with Crippen LogP contribution in [0.4, 0.5) is 11.4 Å². The summed E-state index contributed by atoms with van der Waals surface area (Å²) >= 11 is 0. The molecule has 0 radical (unpaired) electrons. The Bertz CT molecular complexity index is 1190. The fraction of sp³-hybridized carbons (Fsp3) is 0.160. The molecule has 1 N–H and O–H groups in total. The molecular formula is C25H22N4O2. The first kappa shape index (κ1) is 19.1. The molecule has 1 amide bonds. The number of carbonyl (C=O) groups is 1. The van der Waals surface area contributed by atoms with Crippen molar-refractivity contribution in [2.24, 2.45) is 4.99 Å². The van der Waals surface area contributed by atoms with E-state index in [4.69, 9.17) is 9.73 Å². The van der Waals surface area contributed by atoms with Crippen molar-refractivity contribution >= 4 is 28.7 Å². The number of hydrogen-bond donors (Lipinski definition) is 1. The minimum absolute atomic E-state index is 0.0105. The van der Waals surface area contributed by atoms with Gasteiger partial charge in [-0.15, -0.1) is 0 Å². The highest BCUT2D eigenvalue weighted by Crippen LogP contribution is 2.35. The van der Waals surface area contributed by atoms with Gasteiger partial charge >= 0.3 is 0 Å². The van der Waals surface area contributed by atoms with E-state index in [9.17, 15) is 4.79 Å². The summed E-state index contributed by atoms with van der Waals surface area (Å²) in [7, 11) is 1.66. The summed E-state index contributed by atoms with van der Waals surface area (Å²) in [5, 5.41) is 3.55. The van der Waals surface area contributed by atoms with E-state index in [0.29, 0.717) is 6.54 Å². The number of fused-ring (bicyclic) bond motifs is 2. The number of ether oxygens (including phenoxy) is 1. The minimum Gasteiger partial charge on any atom is -0.496 e. The molecule has 5 rings (SSSR count). The first-order valence-electron chi connectivity index (χ1n) is 10.2. The van der Waals surface area contributed by atoms with E-state index in [0.717, 1.165) is 39.7 Å². The Labute approximate surface area is 180 Å². The van der Waals surface area contributed by atoms with Gasteiger partial charge < -0.3 is 15.0 Å². The van der Waals surface area contributed by atoms with Crippen LogP contribution in [0.5, 0.6) is 5.75 Å². The summed E-state index contributed by atoms with van der Waals surface area (Å²) in [6.45, 7) is 0.420. The maximum absolute atomic E-state index is 13.3. The van der Waals surface area contributed by atoms with Crippen LogP contribution in [-0.4, -0.2) is 36.3 Å². The summed E-state index contributed by atoms with van der Waals surface area (Å²) in [6, 6.07) is 19.4. The van der Waals surface area contributed by atoms with Gasteiger partial charge in [-0.2, -0.15) is 0 Å². The summed E-state index contributed by atoms with van der Waals surface area (Å²) < 4.78 is 5.52. The number of para-hydroxylation sites is 3. The number of methoxy groups -OCH3 is 1. The number of anilines is 2. The number of nitrogens with one attached hydrogen (secondary N) is 1. The highest BCUT2D eigenvalue weighted by atomic mass is 16.5. The Morgan fingerprint density at radius 2 is 1.97 bits per heavy atom. The molecule has 0 fully saturated rings. The van der Waals surface area contributed by atoms with Gasteiger partial charge in [0.15, 0.2) is 0 Å². The molecule has 0 saturated heterocycles. The number of pyridine rings is 1. The summed E-state index contributed by atoms with van der Waals surface area (Å²) in [4.78, 5) is 24.1. The molecule has 6 nitrogen and oxygen atoms in total. The van der Waals surface area contributed by atoms with Crippen LogP contribution in [0, 0.1) is 0 Å². The van der Waals surface area contributed by atoms with Crippen LogP contribution in [0.3, 0.4) is 0 Å². The van der Waals surface area contributed by atoms with Crippen molar-refractivity contribution in [2.75, 3.05) is 23.9 Å². The number of rotatable bonds is 4. The molecule has 154 valence electrons. The number of carbonyl (C=O) groups excluding carboxylic acids is 1. The second-order valence-electron chi connectivity index (χ2n) is 7.51. The third-order valence-electron chi connectivity index (χ3n) is 5.54. The maximum atomic E-state index is 13.3. The first-order chi connectivity index (χ1) is 15.2. The zero-order valence-electron chi connectivity index (χ0n) is 17.2. The van der Waals surface area contributed by atoms with Crippen molar-refractivity contribution in [1.29, 1.82) is 0 Å². The van der Waals surface area contributed by atoms with Crippen molar-refractivity contribution < 1.29 is 9.53 Å². The highest BCUT2D eigenvalue weighted by molar-refractivity contribution is 6.12. The maximum Gasteiger partial charge on any atom is 0.231 e. The molecule has 2 aliphatic rings. The quantitative estimate of drug-likeness (QED) is 0.707. The van der Waals surface area contributed by atoms with Crippen LogP contribution >= 0.6 is 0 Å². The lowest BCUT2D eigenvalue weighted by Crippen LogP contribution is -2.38. The third kappa shape index (κ3) is 3.68. The van der Waals surface area contributed by atoms with Crippen LogP contribution in [0.2, 0.25) is 0 Å². The average molecular weight is 410 g/mol. The van der Waals surface area contributed by atoms with E-state index in [1.54, 1.807) is 19.5 Å². The molecular weight excluding hydrogens is 388 g/mol. The number of aliphatic imine (C=N–C) groups is 1. The van der Waals surface area contributed by atoms with Gasteiger partial charge in [-0.1, -0.05) is 30.3 Å². The SMILES string of the molecule is COc1ccccc1C1=CC2Nc3ccccc3N(C(=O)Cc3cccnc3)CC2=N1. The highest BCUT2D eigenvalue weighted by Gasteiger charge is 2.32. The number of benzene rings is 2. The monoisotopic (exact) mass is 410 g/mol. The molecule has 3 heterocycles. The van der Waals surface area contributed by atoms with Crippen molar-refractivity contribution in [1.82, 2.24) is 4.98 Å². The second-order valence-corrected chi connectivity index (χ2v) is 7.51. The average Bonchev–Trinajstić information content (AvgIpc) is 3.13. The van der Waals surface area contributed by atoms with Gasteiger partial charge in [-0.3, -0.25) is 14.8 Å². The Balaban J connectivity index is 1.50. The molecule has 3 aromatic rings. The van der Waals surface area contributed by atoms with Crippen molar-refractivity contribution in [3.8, 4) is 5.75 Å². The van der Waals surface area contributed by atoms with Gasteiger partial charge in [-0.25, -0.2) is 0 Å². The van der Waals surface area contributed by atoms with Crippen molar-refractivity contribution in [3.63, 3.8) is 0 Å². The molecule has 0 aliphatic carbocycles. The van der Waals surface area contributed by atoms with Gasteiger partial charge in [0, 0.05) is 18.0 Å². The van der Waals surface area contributed by atoms with E-state index >= 15 is 0 Å². The van der Waals surface area contributed by atoms with Crippen LogP contribution in [0.15, 0.2) is 84.1 Å². The van der Waals surface area contributed by atoms with Crippen LogP contribution in [-0.2, 0) is 11.2 Å². The van der Waals surface area contributed by atoms with E-state index in [1.807, 2.05) is 65.6 Å². The number of hydrogen-bond acceptors (Lipinski definition) is 5. The standard InChI is InChI=1S/C25H22N4O2/c1-31-24-11-5-2-8-18(24)20-14-21-22(28-20)16-29(23-10-4-3-9-19(23)27-21)25(30)13-17-7-6-12-26-15-17/h2-12,14-15,21,27H,13,16H2,1H3. The van der Waals surface area contributed by atoms with Crippen molar-refractivity contribution in [3.05, 3.63) is 90.3 Å². The fourth-order valence-corrected chi connectivity index (χ4v) is 4.02. The minimum atomic E-state index is -0.0859. The van der Waals surface area contributed by atoms with Crippen molar-refractivity contribution in [2.45, 2.75) is 12.5 Å². The second kappa shape index (κ2) is 8.07. The molecule has 6 heteroatoms. The van der Waals surface area contributed by atoms with Gasteiger partial charge in [0.2, 0.25) is 5.91 Å². The predicted octanol–water partition coefficient (Wildman–Crippen LogP) is 3.96. The normalized spacial score (nSPS) is 16.9. The lowest BCUT2D eigenvalue weighted by atomic mass is 10.1. The summed E-state index contributed by atoms with van der Waals surface area (Å²) in [5.41, 5.74) is 5.35. The fourth-order valence-electron chi connectivity index (χ4n) is 4.02. The van der Waals surface area contributed by atoms with E-state index in [2.05, 4.69) is 16.4 Å². The zero-order chi connectivity index (χ0) is 21.2. The van der Waals surface area contributed by atoms with Crippen LogP contribution in [0.25, 0.3) is 5.70 Å². The lowest BCUT2D eigenvalue weighted by molar-refractivity contribution is -0.117. The Kier molecular flexibility index (Phi) is 4.96. The Morgan fingerprint density at radius 3 is 2.81 bits per heavy atom. The van der Waals surface area contributed by atoms with E-state index in [1.165, 1.54) is 0 Å². The molecule has 1 atom stereocenters. The molecule has 1 aromatic heterocycles. The number of nitrogens with zero attached hydrogens (tertiary/aromatic N) is 3. The van der Waals surface area contributed by atoms with Crippen LogP contribution < -0.4 is 15.0 Å². The van der Waals surface area contributed by atoms with Gasteiger partial charge in [-0.05, 0) is 42.0 Å². The topological polar surface area (TPSA) is 66.8 Å². The molecule has 0 spiro atoms. The van der Waals surface area contributed by atoms with E-state index < -0.39 is 0 Å². The van der Waals surface area contributed by atoms with Gasteiger partial charge in [0.1, 0.15) is 5.75 Å². The summed E-state index contributed by atoms with van der Waals surface area (Å²) in [6.07, 6.45) is 5.82. The van der Waals surface area contributed by atoms with Gasteiger partial charge in [0.25, 0.3) is 0 Å². The van der Waals surface area contributed by atoms with Gasteiger partial charge in [0.05, 0.1) is 48.9 Å². The molecule has 1 unspecified atom stereocenters. The first-order valence-corrected chi connectivity index (χ1v) is 10.2. The Morgan fingerprint density at radius 1 is 1.13 bits per heavy atom. The zero-order valence-corrected chi connectivity index (χ0v) is 17.2. The predicted molar refractivity (Wildman–Crippen MR) is 123 cm³/mol. The third-order valence-corrected chi connectivity index (χ3v) is 5.54. The molecule has 0 saturated carbocycles. The van der Waals surface area contributed by atoms with Crippen LogP contribution in [0.1, 0.15) is 11.1 Å². The largest absolute Gasteiger partial charge is 0.496 e.